The van der Waals surface area contributed by atoms with E-state index < -0.39 is 0 Å². The Labute approximate surface area is 99.5 Å². The van der Waals surface area contributed by atoms with Gasteiger partial charge in [0.25, 0.3) is 5.91 Å². The third kappa shape index (κ3) is 1.74. The molecule has 3 atom stereocenters. The van der Waals surface area contributed by atoms with E-state index in [9.17, 15) is 4.79 Å². The van der Waals surface area contributed by atoms with Gasteiger partial charge in [0.15, 0.2) is 5.89 Å². The third-order valence-corrected chi connectivity index (χ3v) is 3.69. The number of hydrogen-bond donors (Lipinski definition) is 1. The Morgan fingerprint density at radius 3 is 2.94 bits per heavy atom. The maximum absolute atomic E-state index is 12.0. The number of carbonyl (C=O) groups is 1. The normalized spacial score (nSPS) is 30.8. The van der Waals surface area contributed by atoms with Gasteiger partial charge in [-0.1, -0.05) is 0 Å². The Morgan fingerprint density at radius 1 is 1.47 bits per heavy atom. The molecule has 3 rings (SSSR count). The number of fused-ring (bicyclic) bond motifs is 1. The van der Waals surface area contributed by atoms with Gasteiger partial charge in [-0.15, -0.1) is 0 Å². The molecule has 0 bridgehead atoms. The summed E-state index contributed by atoms with van der Waals surface area (Å²) in [6.07, 6.45) is 2.32. The topological polar surface area (TPSA) is 64.4 Å². The summed E-state index contributed by atoms with van der Waals surface area (Å²) in [5, 5.41) is 3.01. The van der Waals surface area contributed by atoms with E-state index in [1.165, 1.54) is 0 Å². The number of oxazole rings is 1. The molecule has 17 heavy (non-hydrogen) atoms. The maximum atomic E-state index is 12.0. The number of amides is 1. The van der Waals surface area contributed by atoms with E-state index >= 15 is 0 Å². The van der Waals surface area contributed by atoms with E-state index in [-0.39, 0.29) is 11.9 Å². The van der Waals surface area contributed by atoms with Crippen LogP contribution in [-0.2, 0) is 4.74 Å². The Kier molecular flexibility index (Phi) is 2.43. The van der Waals surface area contributed by atoms with Crippen molar-refractivity contribution in [3.63, 3.8) is 0 Å². The molecule has 1 aliphatic heterocycles. The predicted octanol–water partition coefficient (Wildman–Crippen LogP) is 1.20. The van der Waals surface area contributed by atoms with Crippen LogP contribution in [0.2, 0.25) is 0 Å². The van der Waals surface area contributed by atoms with Crippen molar-refractivity contribution in [3.05, 3.63) is 17.3 Å². The number of aromatic nitrogens is 1. The first kappa shape index (κ1) is 10.8. The van der Waals surface area contributed by atoms with Crippen LogP contribution >= 0.6 is 0 Å². The summed E-state index contributed by atoms with van der Waals surface area (Å²) in [6, 6.07) is 0.236. The van der Waals surface area contributed by atoms with Crippen LogP contribution in [0.1, 0.15) is 35.0 Å². The van der Waals surface area contributed by atoms with E-state index in [0.717, 1.165) is 19.4 Å². The SMILES string of the molecule is Cc1nc(C)c(C(=O)N[C@@H]2C[C@H]3OCC[C@@H]23)o1. The molecule has 1 saturated carbocycles. The van der Waals surface area contributed by atoms with E-state index in [1.54, 1.807) is 13.8 Å². The summed E-state index contributed by atoms with van der Waals surface area (Å²) in [5.74, 6) is 1.20. The number of rotatable bonds is 2. The zero-order chi connectivity index (χ0) is 12.0. The number of nitrogens with one attached hydrogen (secondary N) is 1. The van der Waals surface area contributed by atoms with Crippen molar-refractivity contribution in [3.8, 4) is 0 Å². The highest BCUT2D eigenvalue weighted by Crippen LogP contribution is 2.38. The van der Waals surface area contributed by atoms with Gasteiger partial charge in [-0.2, -0.15) is 0 Å². The average Bonchev–Trinajstić information content (AvgIpc) is 2.78. The van der Waals surface area contributed by atoms with Crippen LogP contribution in [0, 0.1) is 19.8 Å². The van der Waals surface area contributed by atoms with Gasteiger partial charge in [-0.05, 0) is 19.8 Å². The molecule has 1 aliphatic carbocycles. The maximum Gasteiger partial charge on any atom is 0.289 e. The fraction of sp³-hybridized carbons (Fsp3) is 0.667. The Hall–Kier alpha value is -1.36. The fourth-order valence-electron chi connectivity index (χ4n) is 2.74. The van der Waals surface area contributed by atoms with E-state index in [0.29, 0.717) is 29.4 Å². The van der Waals surface area contributed by atoms with Crippen LogP contribution in [0.4, 0.5) is 0 Å². The molecule has 2 fully saturated rings. The monoisotopic (exact) mass is 236 g/mol. The first-order chi connectivity index (χ1) is 8.15. The molecule has 1 saturated heterocycles. The molecular weight excluding hydrogens is 220 g/mol. The first-order valence-electron chi connectivity index (χ1n) is 6.01. The number of nitrogens with zero attached hydrogens (tertiary/aromatic N) is 1. The second kappa shape index (κ2) is 3.84. The van der Waals surface area contributed by atoms with Crippen molar-refractivity contribution in [1.29, 1.82) is 0 Å². The molecule has 0 aromatic carbocycles. The quantitative estimate of drug-likeness (QED) is 0.838. The lowest BCUT2D eigenvalue weighted by atomic mass is 9.76. The molecule has 5 nitrogen and oxygen atoms in total. The van der Waals surface area contributed by atoms with Crippen molar-refractivity contribution >= 4 is 5.91 Å². The minimum atomic E-state index is -0.154. The Bertz CT molecular complexity index is 455. The highest BCUT2D eigenvalue weighted by atomic mass is 16.5. The lowest BCUT2D eigenvalue weighted by Crippen LogP contribution is -2.53. The molecule has 1 amide bonds. The molecule has 2 aliphatic rings. The second-order valence-electron chi connectivity index (χ2n) is 4.82. The van der Waals surface area contributed by atoms with Gasteiger partial charge in [0.1, 0.15) is 0 Å². The minimum Gasteiger partial charge on any atom is -0.436 e. The molecule has 1 aromatic heterocycles. The predicted molar refractivity (Wildman–Crippen MR) is 59.7 cm³/mol. The van der Waals surface area contributed by atoms with Crippen molar-refractivity contribution in [2.24, 2.45) is 5.92 Å². The molecule has 0 unspecified atom stereocenters. The minimum absolute atomic E-state index is 0.154. The molecule has 1 N–H and O–H groups in total. The van der Waals surface area contributed by atoms with Gasteiger partial charge in [0, 0.05) is 25.5 Å². The summed E-state index contributed by atoms with van der Waals surface area (Å²) in [7, 11) is 0. The highest BCUT2D eigenvalue weighted by Gasteiger charge is 2.46. The molecular formula is C12H16N2O3. The van der Waals surface area contributed by atoms with Crippen LogP contribution in [0.3, 0.4) is 0 Å². The van der Waals surface area contributed by atoms with Gasteiger partial charge in [0.2, 0.25) is 5.76 Å². The van der Waals surface area contributed by atoms with Crippen molar-refractivity contribution in [2.75, 3.05) is 6.61 Å². The number of hydrogen-bond acceptors (Lipinski definition) is 4. The Balaban J connectivity index is 1.66. The smallest absolute Gasteiger partial charge is 0.289 e. The highest BCUT2D eigenvalue weighted by molar-refractivity contribution is 5.92. The van der Waals surface area contributed by atoms with Crippen molar-refractivity contribution in [2.45, 2.75) is 38.8 Å². The number of ether oxygens (including phenoxy) is 1. The average molecular weight is 236 g/mol. The van der Waals surface area contributed by atoms with Crippen LogP contribution < -0.4 is 5.32 Å². The van der Waals surface area contributed by atoms with E-state index in [2.05, 4.69) is 10.3 Å². The van der Waals surface area contributed by atoms with E-state index in [1.807, 2.05) is 0 Å². The zero-order valence-electron chi connectivity index (χ0n) is 10.0. The van der Waals surface area contributed by atoms with Crippen LogP contribution in [0.25, 0.3) is 0 Å². The van der Waals surface area contributed by atoms with Gasteiger partial charge in [-0.3, -0.25) is 4.79 Å². The molecule has 1 aromatic rings. The summed E-state index contributed by atoms with van der Waals surface area (Å²) in [4.78, 5) is 16.1. The lowest BCUT2D eigenvalue weighted by Gasteiger charge is -2.39. The molecule has 0 radical (unpaired) electrons. The molecule has 5 heteroatoms. The second-order valence-corrected chi connectivity index (χ2v) is 4.82. The van der Waals surface area contributed by atoms with Gasteiger partial charge >= 0.3 is 0 Å². The van der Waals surface area contributed by atoms with Crippen LogP contribution in [0.15, 0.2) is 4.42 Å². The van der Waals surface area contributed by atoms with Gasteiger partial charge in [0.05, 0.1) is 11.8 Å². The lowest BCUT2D eigenvalue weighted by molar-refractivity contribution is 0.00770. The standard InChI is InChI=1S/C12H16N2O3/c1-6-11(17-7(2)13-6)12(15)14-9-5-10-8(9)3-4-16-10/h8-10H,3-5H2,1-2H3,(H,14,15)/t8-,9+,10+/m0/s1. The summed E-state index contributed by atoms with van der Waals surface area (Å²) >= 11 is 0. The van der Waals surface area contributed by atoms with Gasteiger partial charge < -0.3 is 14.5 Å². The third-order valence-electron chi connectivity index (χ3n) is 3.69. The largest absolute Gasteiger partial charge is 0.436 e. The molecule has 0 spiro atoms. The van der Waals surface area contributed by atoms with Gasteiger partial charge in [-0.25, -0.2) is 4.98 Å². The van der Waals surface area contributed by atoms with Crippen LogP contribution in [0.5, 0.6) is 0 Å². The summed E-state index contributed by atoms with van der Waals surface area (Å²) < 4.78 is 10.8. The zero-order valence-corrected chi connectivity index (χ0v) is 10.0. The van der Waals surface area contributed by atoms with E-state index in [4.69, 9.17) is 9.15 Å². The van der Waals surface area contributed by atoms with Crippen molar-refractivity contribution in [1.82, 2.24) is 10.3 Å². The number of carbonyl (C=O) groups excluding carboxylic acids is 1. The van der Waals surface area contributed by atoms with Crippen LogP contribution in [-0.4, -0.2) is 29.6 Å². The summed E-state index contributed by atoms with van der Waals surface area (Å²) in [5.41, 5.74) is 0.651. The fourth-order valence-corrected chi connectivity index (χ4v) is 2.74. The molecule has 2 heterocycles. The number of aryl methyl sites for hydroxylation is 2. The van der Waals surface area contributed by atoms with Crippen molar-refractivity contribution < 1.29 is 13.9 Å². The summed E-state index contributed by atoms with van der Waals surface area (Å²) in [6.45, 7) is 4.35. The molecule has 92 valence electrons. The Morgan fingerprint density at radius 2 is 2.29 bits per heavy atom. The first-order valence-corrected chi connectivity index (χ1v) is 6.01.